The smallest absolute Gasteiger partial charge is 0.294 e. The molecule has 0 fully saturated rings. The van der Waals surface area contributed by atoms with Crippen molar-refractivity contribution >= 4 is 20.0 Å². The summed E-state index contributed by atoms with van der Waals surface area (Å²) in [5.41, 5.74) is 1.70. The minimum absolute atomic E-state index is 0.0741. The van der Waals surface area contributed by atoms with Gasteiger partial charge in [-0.15, -0.1) is 0 Å². The van der Waals surface area contributed by atoms with E-state index >= 15 is 0 Å². The van der Waals surface area contributed by atoms with Crippen molar-refractivity contribution in [1.82, 2.24) is 15.3 Å². The first-order chi connectivity index (χ1) is 10.2. The van der Waals surface area contributed by atoms with E-state index in [1.807, 2.05) is 0 Å². The second-order valence-corrected chi connectivity index (χ2v) is 7.98. The van der Waals surface area contributed by atoms with E-state index in [2.05, 4.69) is 15.3 Å². The van der Waals surface area contributed by atoms with E-state index in [9.17, 15) is 16.8 Å². The Bertz CT molecular complexity index is 836. The molecule has 22 heavy (non-hydrogen) atoms. The molecule has 3 N–H and O–H groups in total. The van der Waals surface area contributed by atoms with Gasteiger partial charge in [-0.3, -0.25) is 4.55 Å². The van der Waals surface area contributed by atoms with Gasteiger partial charge < -0.3 is 10.3 Å². The van der Waals surface area contributed by atoms with Crippen LogP contribution in [0.2, 0.25) is 0 Å². The molecule has 0 radical (unpaired) electrons. The highest BCUT2D eigenvalue weighted by atomic mass is 32.2. The van der Waals surface area contributed by atoms with E-state index in [-0.39, 0.29) is 10.1 Å². The summed E-state index contributed by atoms with van der Waals surface area (Å²) in [6, 6.07) is 7.42. The van der Waals surface area contributed by atoms with Gasteiger partial charge in [0, 0.05) is 19.3 Å². The normalized spacial score (nSPS) is 14.1. The molecule has 0 saturated carbocycles. The second-order valence-electron chi connectivity index (χ2n) is 4.63. The van der Waals surface area contributed by atoms with Crippen LogP contribution in [-0.2, 0) is 33.0 Å². The molecule has 0 aliphatic carbocycles. The maximum absolute atomic E-state index is 11.0. The number of aromatic nitrogens is 2. The highest BCUT2D eigenvalue weighted by Crippen LogP contribution is 2.14. The predicted molar refractivity (Wildman–Crippen MR) is 78.5 cm³/mol. The van der Waals surface area contributed by atoms with E-state index in [0.29, 0.717) is 13.1 Å². The summed E-state index contributed by atoms with van der Waals surface area (Å²) in [7, 11) is -7.18. The lowest BCUT2D eigenvalue weighted by Gasteiger charge is -1.92. The summed E-state index contributed by atoms with van der Waals surface area (Å²) < 4.78 is 51.3. The molecular weight excluding hydrogens is 330 g/mol. The predicted octanol–water partition coefficient (Wildman–Crippen LogP) is 0.350. The number of imidazole rings is 1. The van der Waals surface area contributed by atoms with Crippen LogP contribution in [0.1, 0.15) is 11.4 Å². The van der Waals surface area contributed by atoms with Gasteiger partial charge in [0.15, 0.2) is 0 Å². The van der Waals surface area contributed by atoms with Crippen LogP contribution in [0.25, 0.3) is 0 Å². The molecular formula is C12H15N3O5S2. The number of sulfone groups is 1. The molecule has 1 aromatic carbocycles. The van der Waals surface area contributed by atoms with E-state index in [0.717, 1.165) is 17.6 Å². The topological polar surface area (TPSA) is 129 Å². The highest BCUT2D eigenvalue weighted by Gasteiger charge is 2.19. The fourth-order valence-electron chi connectivity index (χ4n) is 1.79. The number of fused-ring (bicyclic) bond motifs is 1. The van der Waals surface area contributed by atoms with Crippen molar-refractivity contribution < 1.29 is 21.4 Å². The molecule has 10 heteroatoms. The van der Waals surface area contributed by atoms with Crippen LogP contribution in [0.15, 0.2) is 40.4 Å². The van der Waals surface area contributed by atoms with E-state index in [1.165, 1.54) is 12.1 Å². The molecule has 0 atom stereocenters. The molecule has 2 heterocycles. The van der Waals surface area contributed by atoms with Crippen LogP contribution in [0.5, 0.6) is 0 Å². The summed E-state index contributed by atoms with van der Waals surface area (Å²) in [4.78, 5) is 6.65. The molecule has 8 nitrogen and oxygen atoms in total. The number of benzene rings is 1. The van der Waals surface area contributed by atoms with E-state index in [1.54, 1.807) is 18.2 Å². The number of hydrogen-bond donors (Lipinski definition) is 3. The highest BCUT2D eigenvalue weighted by molar-refractivity contribution is 7.90. The third-order valence-electron chi connectivity index (χ3n) is 2.83. The van der Waals surface area contributed by atoms with Crippen molar-refractivity contribution in [1.29, 1.82) is 0 Å². The Balaban J connectivity index is 0.000000164. The summed E-state index contributed by atoms with van der Waals surface area (Å²) in [6.45, 7) is 1.33. The first-order valence-corrected chi connectivity index (χ1v) is 9.52. The zero-order valence-corrected chi connectivity index (χ0v) is 13.3. The van der Waals surface area contributed by atoms with Crippen molar-refractivity contribution in [3.05, 3.63) is 41.7 Å². The molecule has 1 aliphatic heterocycles. The Morgan fingerprint density at radius 1 is 1.09 bits per heavy atom. The average Bonchev–Trinajstić information content (AvgIpc) is 2.99. The minimum atomic E-state index is -4.00. The zero-order chi connectivity index (χ0) is 16.4. The van der Waals surface area contributed by atoms with Crippen LogP contribution in [0, 0.1) is 0 Å². The fourth-order valence-corrected chi connectivity index (χ4v) is 2.87. The van der Waals surface area contributed by atoms with Crippen LogP contribution >= 0.6 is 0 Å². The Hall–Kier alpha value is -1.75. The summed E-state index contributed by atoms with van der Waals surface area (Å²) in [5, 5.41) is 3.14. The molecule has 0 amide bonds. The van der Waals surface area contributed by atoms with Gasteiger partial charge in [0.2, 0.25) is 15.0 Å². The number of nitrogens with zero attached hydrogens (tertiary/aromatic N) is 1. The van der Waals surface area contributed by atoms with Crippen LogP contribution < -0.4 is 5.32 Å². The van der Waals surface area contributed by atoms with Gasteiger partial charge in [-0.25, -0.2) is 13.4 Å². The van der Waals surface area contributed by atoms with Crippen LogP contribution in [0.3, 0.4) is 0 Å². The number of rotatable bonds is 2. The Kier molecular flexibility index (Phi) is 4.66. The molecule has 3 rings (SSSR count). The van der Waals surface area contributed by atoms with Crippen molar-refractivity contribution in [2.45, 2.75) is 23.1 Å². The quantitative estimate of drug-likeness (QED) is 0.670. The SMILES string of the molecule is CS(=O)(=O)c1nc2c([nH]1)CNC2.O=S(=O)(O)c1ccccc1. The maximum atomic E-state index is 11.0. The van der Waals surface area contributed by atoms with Crippen molar-refractivity contribution in [2.24, 2.45) is 0 Å². The van der Waals surface area contributed by atoms with Crippen molar-refractivity contribution in [3.63, 3.8) is 0 Å². The van der Waals surface area contributed by atoms with Gasteiger partial charge in [-0.2, -0.15) is 8.42 Å². The summed E-state index contributed by atoms with van der Waals surface area (Å²) in [5.74, 6) is 0. The fraction of sp³-hybridized carbons (Fsp3) is 0.250. The van der Waals surface area contributed by atoms with Crippen molar-refractivity contribution in [3.8, 4) is 0 Å². The van der Waals surface area contributed by atoms with Gasteiger partial charge >= 0.3 is 0 Å². The number of nitrogens with one attached hydrogen (secondary N) is 2. The first-order valence-electron chi connectivity index (χ1n) is 6.19. The van der Waals surface area contributed by atoms with E-state index in [4.69, 9.17) is 4.55 Å². The molecule has 0 saturated heterocycles. The van der Waals surface area contributed by atoms with Gasteiger partial charge in [0.05, 0.1) is 16.3 Å². The lowest BCUT2D eigenvalue weighted by molar-refractivity contribution is 0.483. The molecule has 120 valence electrons. The molecule has 1 aromatic heterocycles. The Labute approximate surface area is 128 Å². The third-order valence-corrected chi connectivity index (χ3v) is 4.59. The Morgan fingerprint density at radius 2 is 1.73 bits per heavy atom. The van der Waals surface area contributed by atoms with Crippen molar-refractivity contribution in [2.75, 3.05) is 6.26 Å². The summed E-state index contributed by atoms with van der Waals surface area (Å²) in [6.07, 6.45) is 1.15. The first kappa shape index (κ1) is 16.6. The maximum Gasteiger partial charge on any atom is 0.294 e. The number of aromatic amines is 1. The lowest BCUT2D eigenvalue weighted by Crippen LogP contribution is -2.06. The minimum Gasteiger partial charge on any atom is -0.331 e. The number of H-pyrrole nitrogens is 1. The Morgan fingerprint density at radius 3 is 2.18 bits per heavy atom. The van der Waals surface area contributed by atoms with Gasteiger partial charge in [0.1, 0.15) is 0 Å². The molecule has 1 aliphatic rings. The molecule has 2 aromatic rings. The zero-order valence-electron chi connectivity index (χ0n) is 11.6. The average molecular weight is 345 g/mol. The molecule has 0 unspecified atom stereocenters. The van der Waals surface area contributed by atoms with Gasteiger partial charge in [-0.05, 0) is 12.1 Å². The lowest BCUT2D eigenvalue weighted by atomic mass is 10.4. The molecule has 0 spiro atoms. The monoisotopic (exact) mass is 345 g/mol. The standard InChI is InChI=1S/C6H9N3O2S.C6H6O3S/c1-12(10,11)6-8-4-2-7-3-5(4)9-6;7-10(8,9)6-4-2-1-3-5-6/h7H,2-3H2,1H3,(H,8,9);1-5H,(H,7,8,9). The second kappa shape index (κ2) is 6.16. The number of hydrogen-bond acceptors (Lipinski definition) is 6. The molecule has 0 bridgehead atoms. The largest absolute Gasteiger partial charge is 0.331 e. The third kappa shape index (κ3) is 4.13. The van der Waals surface area contributed by atoms with Crippen LogP contribution in [-0.4, -0.2) is 37.6 Å². The van der Waals surface area contributed by atoms with Crippen LogP contribution in [0.4, 0.5) is 0 Å². The van der Waals surface area contributed by atoms with Gasteiger partial charge in [0.25, 0.3) is 10.1 Å². The summed E-state index contributed by atoms with van der Waals surface area (Å²) >= 11 is 0. The van der Waals surface area contributed by atoms with Gasteiger partial charge in [-0.1, -0.05) is 18.2 Å². The van der Waals surface area contributed by atoms with E-state index < -0.39 is 20.0 Å².